The molecule has 114 valence electrons. The molecular formula is C11H21N5O4. The highest BCUT2D eigenvalue weighted by Crippen LogP contribution is 2.26. The van der Waals surface area contributed by atoms with Crippen LogP contribution in [0, 0.1) is 0 Å². The minimum Gasteiger partial charge on any atom is -0.399 e. The van der Waals surface area contributed by atoms with Crippen molar-refractivity contribution in [1.29, 1.82) is 0 Å². The van der Waals surface area contributed by atoms with Crippen molar-refractivity contribution in [1.82, 2.24) is 20.8 Å². The van der Waals surface area contributed by atoms with Crippen LogP contribution in [0.4, 0.5) is 4.79 Å². The number of hydrogen-bond acceptors (Lipinski definition) is 6. The second-order valence-electron chi connectivity index (χ2n) is 4.71. The maximum absolute atomic E-state index is 12.4. The lowest BCUT2D eigenvalue weighted by Crippen LogP contribution is -2.57. The summed E-state index contributed by atoms with van der Waals surface area (Å²) < 4.78 is 0. The fourth-order valence-electron chi connectivity index (χ4n) is 1.97. The highest BCUT2D eigenvalue weighted by Gasteiger charge is 2.56. The number of oxime groups is 1. The molecule has 0 aliphatic carbocycles. The van der Waals surface area contributed by atoms with Crippen molar-refractivity contribution in [2.45, 2.75) is 25.5 Å². The number of amides is 3. The summed E-state index contributed by atoms with van der Waals surface area (Å²) in [6.45, 7) is 3.35. The van der Waals surface area contributed by atoms with Crippen molar-refractivity contribution in [2.75, 3.05) is 28.3 Å². The number of nitrogens with zero attached hydrogens (tertiary/aromatic N) is 3. The molecule has 2 unspecified atom stereocenters. The maximum atomic E-state index is 12.4. The first kappa shape index (κ1) is 16.2. The summed E-state index contributed by atoms with van der Waals surface area (Å²) in [6, 6.07) is -0.912. The van der Waals surface area contributed by atoms with E-state index in [2.05, 4.69) is 16.1 Å². The number of hydroxylamine groups is 1. The van der Waals surface area contributed by atoms with Crippen molar-refractivity contribution in [2.24, 2.45) is 5.16 Å². The van der Waals surface area contributed by atoms with Gasteiger partial charge in [0.1, 0.15) is 7.11 Å². The first-order valence-corrected chi connectivity index (χ1v) is 6.05. The molecule has 1 fully saturated rings. The third kappa shape index (κ3) is 2.68. The van der Waals surface area contributed by atoms with Gasteiger partial charge in [-0.1, -0.05) is 5.16 Å². The van der Waals surface area contributed by atoms with E-state index in [1.54, 1.807) is 35.0 Å². The number of urea groups is 1. The smallest absolute Gasteiger partial charge is 0.340 e. The summed E-state index contributed by atoms with van der Waals surface area (Å²) >= 11 is 0. The lowest BCUT2D eigenvalue weighted by molar-refractivity contribution is -0.146. The van der Waals surface area contributed by atoms with Crippen LogP contribution >= 0.6 is 0 Å². The van der Waals surface area contributed by atoms with Crippen molar-refractivity contribution >= 4 is 17.6 Å². The average molecular weight is 287 g/mol. The van der Waals surface area contributed by atoms with Crippen LogP contribution in [0.25, 0.3) is 0 Å². The van der Waals surface area contributed by atoms with E-state index in [1.807, 2.05) is 0 Å². The van der Waals surface area contributed by atoms with Crippen LogP contribution in [0.15, 0.2) is 5.16 Å². The predicted octanol–water partition coefficient (Wildman–Crippen LogP) is -0.685. The fraction of sp³-hybridized carbons (Fsp3) is 0.727. The Labute approximate surface area is 117 Å². The quantitative estimate of drug-likeness (QED) is 0.527. The number of hydrogen-bond donors (Lipinski definition) is 2. The molecule has 1 rings (SSSR count). The SMILES string of the molecule is CO/N=C(\C)C1(ONC(=O)N(C)C)C(=O)N(C)NC1C. The number of carbonyl (C=O) groups excluding carboxylic acids is 2. The van der Waals surface area contributed by atoms with Crippen molar-refractivity contribution in [3.63, 3.8) is 0 Å². The molecule has 0 radical (unpaired) electrons. The van der Waals surface area contributed by atoms with Gasteiger partial charge >= 0.3 is 6.03 Å². The van der Waals surface area contributed by atoms with Gasteiger partial charge in [-0.3, -0.25) is 9.80 Å². The molecule has 0 spiro atoms. The number of hydrazine groups is 1. The van der Waals surface area contributed by atoms with E-state index < -0.39 is 17.7 Å². The van der Waals surface area contributed by atoms with Gasteiger partial charge in [0.05, 0.1) is 11.8 Å². The molecule has 9 heteroatoms. The Morgan fingerprint density at radius 3 is 2.55 bits per heavy atom. The molecule has 2 atom stereocenters. The van der Waals surface area contributed by atoms with Crippen LogP contribution in [0.1, 0.15) is 13.8 Å². The van der Waals surface area contributed by atoms with Crippen LogP contribution in [0.2, 0.25) is 0 Å². The Balaban J connectivity index is 3.06. The zero-order valence-corrected chi connectivity index (χ0v) is 12.6. The molecule has 0 aromatic carbocycles. The van der Waals surface area contributed by atoms with Gasteiger partial charge in [-0.25, -0.2) is 20.5 Å². The van der Waals surface area contributed by atoms with E-state index in [0.29, 0.717) is 5.71 Å². The zero-order valence-electron chi connectivity index (χ0n) is 12.6. The van der Waals surface area contributed by atoms with Crippen LogP contribution in [-0.2, 0) is 14.5 Å². The lowest BCUT2D eigenvalue weighted by Gasteiger charge is -2.29. The minimum atomic E-state index is -1.45. The average Bonchev–Trinajstić information content (AvgIpc) is 2.59. The molecule has 1 saturated heterocycles. The van der Waals surface area contributed by atoms with Crippen molar-refractivity contribution in [3.8, 4) is 0 Å². The predicted molar refractivity (Wildman–Crippen MR) is 71.5 cm³/mol. The Kier molecular flexibility index (Phi) is 4.90. The van der Waals surface area contributed by atoms with Crippen molar-refractivity contribution in [3.05, 3.63) is 0 Å². The molecule has 3 amide bonds. The molecule has 2 N–H and O–H groups in total. The van der Waals surface area contributed by atoms with Crippen LogP contribution in [0.5, 0.6) is 0 Å². The lowest BCUT2D eigenvalue weighted by atomic mass is 9.91. The first-order valence-electron chi connectivity index (χ1n) is 6.05. The van der Waals surface area contributed by atoms with Gasteiger partial charge in [-0.05, 0) is 13.8 Å². The van der Waals surface area contributed by atoms with Gasteiger partial charge in [-0.2, -0.15) is 0 Å². The molecular weight excluding hydrogens is 266 g/mol. The molecule has 0 aromatic heterocycles. The monoisotopic (exact) mass is 287 g/mol. The van der Waals surface area contributed by atoms with E-state index in [0.717, 1.165) is 0 Å². The Morgan fingerprint density at radius 1 is 1.55 bits per heavy atom. The largest absolute Gasteiger partial charge is 0.399 e. The van der Waals surface area contributed by atoms with E-state index in [-0.39, 0.29) is 5.91 Å². The molecule has 1 heterocycles. The number of rotatable bonds is 4. The van der Waals surface area contributed by atoms with E-state index in [9.17, 15) is 9.59 Å². The molecule has 0 saturated carbocycles. The number of likely N-dealkylation sites (N-methyl/N-ethyl adjacent to an activating group) is 1. The minimum absolute atomic E-state index is 0.299. The van der Waals surface area contributed by atoms with E-state index in [4.69, 9.17) is 9.68 Å². The second-order valence-corrected chi connectivity index (χ2v) is 4.71. The highest BCUT2D eigenvalue weighted by molar-refractivity contribution is 6.12. The van der Waals surface area contributed by atoms with Gasteiger partial charge in [0.15, 0.2) is 0 Å². The van der Waals surface area contributed by atoms with E-state index >= 15 is 0 Å². The normalized spacial score (nSPS) is 26.7. The summed E-state index contributed by atoms with van der Waals surface area (Å²) in [5.74, 6) is -0.373. The first-order chi connectivity index (χ1) is 9.27. The highest BCUT2D eigenvalue weighted by atomic mass is 16.7. The Hall–Kier alpha value is -1.87. The molecule has 9 nitrogen and oxygen atoms in total. The van der Waals surface area contributed by atoms with Crippen LogP contribution < -0.4 is 10.9 Å². The molecule has 1 aliphatic rings. The Bertz CT molecular complexity index is 425. The fourth-order valence-corrected chi connectivity index (χ4v) is 1.97. The van der Waals surface area contributed by atoms with Gasteiger partial charge in [0.25, 0.3) is 5.91 Å². The topological polar surface area (TPSA) is 95.5 Å². The third-order valence-corrected chi connectivity index (χ3v) is 3.09. The van der Waals surface area contributed by atoms with Crippen molar-refractivity contribution < 1.29 is 19.3 Å². The molecule has 0 aromatic rings. The van der Waals surface area contributed by atoms with Gasteiger partial charge < -0.3 is 9.74 Å². The summed E-state index contributed by atoms with van der Waals surface area (Å²) in [4.78, 5) is 35.4. The molecule has 20 heavy (non-hydrogen) atoms. The summed E-state index contributed by atoms with van der Waals surface area (Å²) in [7, 11) is 6.06. The number of nitrogens with one attached hydrogen (secondary N) is 2. The van der Waals surface area contributed by atoms with Gasteiger partial charge in [0, 0.05) is 21.1 Å². The number of carbonyl (C=O) groups is 2. The van der Waals surface area contributed by atoms with Gasteiger partial charge in [0.2, 0.25) is 5.60 Å². The molecule has 1 aliphatic heterocycles. The molecule has 0 bridgehead atoms. The summed E-state index contributed by atoms with van der Waals surface area (Å²) in [5.41, 5.74) is 4.01. The second kappa shape index (κ2) is 6.06. The zero-order chi connectivity index (χ0) is 15.5. The van der Waals surface area contributed by atoms with E-state index in [1.165, 1.54) is 17.0 Å². The van der Waals surface area contributed by atoms with Gasteiger partial charge in [-0.15, -0.1) is 0 Å². The van der Waals surface area contributed by atoms with Crippen LogP contribution in [0.3, 0.4) is 0 Å². The summed E-state index contributed by atoms with van der Waals surface area (Å²) in [5, 5.41) is 5.07. The standard InChI is InChI=1S/C11H21N5O4/c1-7-11(8(2)13-19-6,9(17)16(5)12-7)20-14-10(18)15(3)4/h7,12H,1-6H3,(H,14,18)/b13-8+. The third-order valence-electron chi connectivity index (χ3n) is 3.09. The maximum Gasteiger partial charge on any atom is 0.340 e. The summed E-state index contributed by atoms with van der Waals surface area (Å²) in [6.07, 6.45) is 0. The van der Waals surface area contributed by atoms with Crippen LogP contribution in [-0.4, -0.2) is 67.5 Å². The Morgan fingerprint density at radius 2 is 2.15 bits per heavy atom.